The first-order valence-corrected chi connectivity index (χ1v) is 11.3. The highest BCUT2D eigenvalue weighted by atomic mass is 16.5. The van der Waals surface area contributed by atoms with Gasteiger partial charge >= 0.3 is 0 Å². The Morgan fingerprint density at radius 1 is 1.14 bits per heavy atom. The second kappa shape index (κ2) is 7.33. The fourth-order valence-electron chi connectivity index (χ4n) is 7.05. The van der Waals surface area contributed by atoms with E-state index in [4.69, 9.17) is 4.74 Å². The monoisotopic (exact) mass is 396 g/mol. The summed E-state index contributed by atoms with van der Waals surface area (Å²) < 4.78 is 5.26. The third-order valence-corrected chi connectivity index (χ3v) is 7.91. The standard InChI is InChI=1S/C24H32N2O3/c1-29-20-5-2-4-16(11-20)15-25-22(27)21-6-3-7-26(21)23(28)24-12-17-8-18(13-24)10-19(9-17)14-24/h2,4-5,11,17-19,21H,3,6-10,12-15H2,1H3,(H,25,27). The molecule has 29 heavy (non-hydrogen) atoms. The van der Waals surface area contributed by atoms with Crippen molar-refractivity contribution in [3.63, 3.8) is 0 Å². The number of nitrogens with zero attached hydrogens (tertiary/aromatic N) is 1. The van der Waals surface area contributed by atoms with Crippen LogP contribution in [0.15, 0.2) is 24.3 Å². The lowest BCUT2D eigenvalue weighted by Gasteiger charge is -2.56. The fourth-order valence-corrected chi connectivity index (χ4v) is 7.05. The Morgan fingerprint density at radius 3 is 2.48 bits per heavy atom. The van der Waals surface area contributed by atoms with Crippen LogP contribution in [0.2, 0.25) is 0 Å². The van der Waals surface area contributed by atoms with Gasteiger partial charge in [-0.05, 0) is 86.8 Å². The predicted octanol–water partition coefficient (Wildman–Crippen LogP) is 3.52. The van der Waals surface area contributed by atoms with E-state index in [1.165, 1.54) is 19.3 Å². The Hall–Kier alpha value is -2.04. The van der Waals surface area contributed by atoms with Gasteiger partial charge in [0.25, 0.3) is 0 Å². The van der Waals surface area contributed by atoms with Crippen LogP contribution in [0.4, 0.5) is 0 Å². The molecule has 5 aliphatic rings. The molecule has 0 aromatic heterocycles. The Balaban J connectivity index is 1.26. The third-order valence-electron chi connectivity index (χ3n) is 7.91. The molecule has 0 spiro atoms. The molecule has 1 saturated heterocycles. The van der Waals surface area contributed by atoms with Gasteiger partial charge in [-0.15, -0.1) is 0 Å². The van der Waals surface area contributed by atoms with E-state index in [1.807, 2.05) is 29.2 Å². The van der Waals surface area contributed by atoms with Gasteiger partial charge in [-0.2, -0.15) is 0 Å². The maximum atomic E-state index is 13.7. The van der Waals surface area contributed by atoms with Crippen molar-refractivity contribution >= 4 is 11.8 Å². The Morgan fingerprint density at radius 2 is 1.83 bits per heavy atom. The Kier molecular flexibility index (Phi) is 4.79. The summed E-state index contributed by atoms with van der Waals surface area (Å²) >= 11 is 0. The Labute approximate surface area is 173 Å². The molecule has 4 saturated carbocycles. The van der Waals surface area contributed by atoms with Crippen molar-refractivity contribution in [2.45, 2.75) is 64.0 Å². The van der Waals surface area contributed by atoms with Crippen molar-refractivity contribution in [3.05, 3.63) is 29.8 Å². The highest BCUT2D eigenvalue weighted by Gasteiger charge is 2.56. The minimum Gasteiger partial charge on any atom is -0.497 e. The maximum Gasteiger partial charge on any atom is 0.243 e. The Bertz CT molecular complexity index is 770. The SMILES string of the molecule is COc1cccc(CNC(=O)C2CCCN2C(=O)C23CC4CC(CC(C4)C2)C3)c1. The number of nitrogens with one attached hydrogen (secondary N) is 1. The predicted molar refractivity (Wildman–Crippen MR) is 110 cm³/mol. The molecule has 1 aromatic rings. The zero-order valence-electron chi connectivity index (χ0n) is 17.4. The highest BCUT2D eigenvalue weighted by Crippen LogP contribution is 2.60. The lowest BCUT2D eigenvalue weighted by molar-refractivity contribution is -0.160. The number of likely N-dealkylation sites (tertiary alicyclic amines) is 1. The number of methoxy groups -OCH3 is 1. The lowest BCUT2D eigenvalue weighted by Crippen LogP contribution is -2.57. The van der Waals surface area contributed by atoms with Gasteiger partial charge in [0.05, 0.1) is 12.5 Å². The topological polar surface area (TPSA) is 58.6 Å². The van der Waals surface area contributed by atoms with Crippen LogP contribution in [0.1, 0.15) is 56.9 Å². The van der Waals surface area contributed by atoms with E-state index in [1.54, 1.807) is 7.11 Å². The third kappa shape index (κ3) is 3.43. The summed E-state index contributed by atoms with van der Waals surface area (Å²) in [6.07, 6.45) is 8.88. The van der Waals surface area contributed by atoms with Crippen molar-refractivity contribution in [3.8, 4) is 5.75 Å². The first-order chi connectivity index (χ1) is 14.1. The molecule has 1 atom stereocenters. The summed E-state index contributed by atoms with van der Waals surface area (Å²) in [7, 11) is 1.64. The number of benzene rings is 1. The van der Waals surface area contributed by atoms with E-state index in [0.717, 1.165) is 67.7 Å². The number of ether oxygens (including phenoxy) is 1. The summed E-state index contributed by atoms with van der Waals surface area (Å²) in [6, 6.07) is 7.44. The maximum absolute atomic E-state index is 13.7. The number of carbonyl (C=O) groups excluding carboxylic acids is 2. The van der Waals surface area contributed by atoms with Crippen molar-refractivity contribution in [1.29, 1.82) is 0 Å². The van der Waals surface area contributed by atoms with Crippen LogP contribution in [0, 0.1) is 23.2 Å². The second-order valence-corrected chi connectivity index (χ2v) is 9.92. The molecule has 4 bridgehead atoms. The molecule has 5 heteroatoms. The van der Waals surface area contributed by atoms with Crippen molar-refractivity contribution in [1.82, 2.24) is 10.2 Å². The van der Waals surface area contributed by atoms with Gasteiger partial charge in [-0.3, -0.25) is 9.59 Å². The van der Waals surface area contributed by atoms with Gasteiger partial charge in [0, 0.05) is 13.1 Å². The number of rotatable bonds is 5. The first-order valence-electron chi connectivity index (χ1n) is 11.3. The summed E-state index contributed by atoms with van der Waals surface area (Å²) in [5.74, 6) is 3.30. The molecule has 1 aromatic carbocycles. The molecule has 2 amide bonds. The lowest BCUT2D eigenvalue weighted by atomic mass is 9.49. The van der Waals surface area contributed by atoms with Crippen LogP contribution < -0.4 is 10.1 Å². The van der Waals surface area contributed by atoms with Crippen LogP contribution in [0.25, 0.3) is 0 Å². The fraction of sp³-hybridized carbons (Fsp3) is 0.667. The molecule has 4 aliphatic carbocycles. The number of hydrogen-bond acceptors (Lipinski definition) is 3. The smallest absolute Gasteiger partial charge is 0.243 e. The zero-order chi connectivity index (χ0) is 20.0. The zero-order valence-corrected chi connectivity index (χ0v) is 17.4. The number of hydrogen-bond donors (Lipinski definition) is 1. The number of amides is 2. The van der Waals surface area contributed by atoms with Crippen LogP contribution in [-0.2, 0) is 16.1 Å². The van der Waals surface area contributed by atoms with Crippen molar-refractivity contribution in [2.75, 3.05) is 13.7 Å². The van der Waals surface area contributed by atoms with Gasteiger partial charge < -0.3 is 15.0 Å². The van der Waals surface area contributed by atoms with Crippen LogP contribution >= 0.6 is 0 Å². The van der Waals surface area contributed by atoms with Gasteiger partial charge in [-0.25, -0.2) is 0 Å². The molecule has 5 nitrogen and oxygen atoms in total. The molecule has 1 heterocycles. The summed E-state index contributed by atoms with van der Waals surface area (Å²) in [5, 5.41) is 3.06. The van der Waals surface area contributed by atoms with Gasteiger partial charge in [-0.1, -0.05) is 12.1 Å². The van der Waals surface area contributed by atoms with E-state index < -0.39 is 0 Å². The van der Waals surface area contributed by atoms with Gasteiger partial charge in [0.2, 0.25) is 11.8 Å². The van der Waals surface area contributed by atoms with E-state index in [-0.39, 0.29) is 23.3 Å². The van der Waals surface area contributed by atoms with Gasteiger partial charge in [0.15, 0.2) is 0 Å². The minimum absolute atomic E-state index is 0.0107. The summed E-state index contributed by atoms with van der Waals surface area (Å²) in [6.45, 7) is 1.20. The van der Waals surface area contributed by atoms with Crippen molar-refractivity contribution in [2.24, 2.45) is 23.2 Å². The quantitative estimate of drug-likeness (QED) is 0.828. The normalized spacial score (nSPS) is 35.0. The average Bonchev–Trinajstić information content (AvgIpc) is 3.20. The van der Waals surface area contributed by atoms with Gasteiger partial charge in [0.1, 0.15) is 11.8 Å². The molecule has 6 rings (SSSR count). The number of carbonyl (C=O) groups is 2. The van der Waals surface area contributed by atoms with E-state index in [9.17, 15) is 9.59 Å². The van der Waals surface area contributed by atoms with Crippen LogP contribution in [-0.4, -0.2) is 36.4 Å². The van der Waals surface area contributed by atoms with E-state index in [0.29, 0.717) is 6.54 Å². The first kappa shape index (κ1) is 19.0. The van der Waals surface area contributed by atoms with Crippen LogP contribution in [0.5, 0.6) is 5.75 Å². The molecule has 1 unspecified atom stereocenters. The molecule has 1 aliphatic heterocycles. The molecular formula is C24H32N2O3. The molecular weight excluding hydrogens is 364 g/mol. The summed E-state index contributed by atoms with van der Waals surface area (Å²) in [5.41, 5.74) is 0.847. The second-order valence-electron chi connectivity index (χ2n) is 9.92. The van der Waals surface area contributed by atoms with E-state index >= 15 is 0 Å². The molecule has 0 radical (unpaired) electrons. The largest absolute Gasteiger partial charge is 0.497 e. The van der Waals surface area contributed by atoms with Crippen LogP contribution in [0.3, 0.4) is 0 Å². The van der Waals surface area contributed by atoms with E-state index in [2.05, 4.69) is 5.32 Å². The average molecular weight is 397 g/mol. The molecule has 1 N–H and O–H groups in total. The summed E-state index contributed by atoms with van der Waals surface area (Å²) in [4.78, 5) is 28.6. The highest BCUT2D eigenvalue weighted by molar-refractivity contribution is 5.91. The molecule has 5 fully saturated rings. The molecule has 156 valence electrons. The minimum atomic E-state index is -0.305. The van der Waals surface area contributed by atoms with Crippen molar-refractivity contribution < 1.29 is 14.3 Å².